The van der Waals surface area contributed by atoms with Gasteiger partial charge >= 0.3 is 0 Å². The monoisotopic (exact) mass is 409 g/mol. The Balaban J connectivity index is 0.00000220. The lowest BCUT2D eigenvalue weighted by atomic mass is 9.86. The third kappa shape index (κ3) is 6.37. The van der Waals surface area contributed by atoms with Crippen molar-refractivity contribution < 1.29 is 4.79 Å². The molecule has 1 saturated heterocycles. The van der Waals surface area contributed by atoms with E-state index in [2.05, 4.69) is 15.2 Å². The van der Waals surface area contributed by atoms with Gasteiger partial charge in [-0.25, -0.2) is 0 Å². The second-order valence-electron chi connectivity index (χ2n) is 5.80. The lowest BCUT2D eigenvalue weighted by Gasteiger charge is -2.34. The summed E-state index contributed by atoms with van der Waals surface area (Å²) >= 11 is 0. The highest BCUT2D eigenvalue weighted by Gasteiger charge is 2.18. The molecule has 1 heterocycles. The number of rotatable bonds is 5. The van der Waals surface area contributed by atoms with Gasteiger partial charge in [0.05, 0.1) is 0 Å². The van der Waals surface area contributed by atoms with Gasteiger partial charge in [-0.05, 0) is 18.8 Å². The van der Waals surface area contributed by atoms with E-state index in [1.807, 2.05) is 4.90 Å². The van der Waals surface area contributed by atoms with Crippen LogP contribution in [0.5, 0.6) is 0 Å². The molecule has 0 aromatic carbocycles. The third-order valence-corrected chi connectivity index (χ3v) is 4.30. The summed E-state index contributed by atoms with van der Waals surface area (Å²) in [5.41, 5.74) is 5.85. The fourth-order valence-corrected chi connectivity index (χ4v) is 2.59. The molecule has 0 atom stereocenters. The molecule has 1 aliphatic heterocycles. The molecule has 6 nitrogen and oxygen atoms in total. The molecule has 0 unspecified atom stereocenters. The Bertz CT molecular complexity index is 351. The minimum absolute atomic E-state index is 0. The average Bonchev–Trinajstić information content (AvgIpc) is 2.37. The van der Waals surface area contributed by atoms with Crippen molar-refractivity contribution in [2.75, 3.05) is 45.8 Å². The van der Waals surface area contributed by atoms with E-state index < -0.39 is 0 Å². The van der Waals surface area contributed by atoms with E-state index in [0.717, 1.165) is 51.7 Å². The number of halogens is 1. The van der Waals surface area contributed by atoms with Crippen LogP contribution in [0, 0.1) is 5.92 Å². The number of nitrogens with two attached hydrogens (primary N) is 1. The first-order valence-corrected chi connectivity index (χ1v) is 7.67. The van der Waals surface area contributed by atoms with Crippen LogP contribution in [0.25, 0.3) is 0 Å². The molecule has 0 aromatic rings. The topological polar surface area (TPSA) is 74.0 Å². The first-order chi connectivity index (χ1) is 9.65. The number of amides is 1. The fourth-order valence-electron chi connectivity index (χ4n) is 2.59. The molecule has 3 N–H and O–H groups in total. The molecular formula is C14H28IN5O. The summed E-state index contributed by atoms with van der Waals surface area (Å²) in [4.78, 5) is 19.9. The van der Waals surface area contributed by atoms with E-state index in [1.54, 1.807) is 6.92 Å². The smallest absolute Gasteiger partial charge is 0.219 e. The Hall–Kier alpha value is -0.570. The van der Waals surface area contributed by atoms with Crippen LogP contribution in [0.2, 0.25) is 0 Å². The lowest BCUT2D eigenvalue weighted by molar-refractivity contribution is -0.130. The van der Waals surface area contributed by atoms with E-state index in [-0.39, 0.29) is 29.9 Å². The number of nitrogens with zero attached hydrogens (tertiary/aromatic N) is 3. The van der Waals surface area contributed by atoms with Crippen LogP contribution in [0.3, 0.4) is 0 Å². The van der Waals surface area contributed by atoms with Gasteiger partial charge in [-0.15, -0.1) is 24.0 Å². The molecule has 0 aromatic heterocycles. The summed E-state index contributed by atoms with van der Waals surface area (Å²) in [6.45, 7) is 7.83. The number of carbonyl (C=O) groups is 1. The predicted molar refractivity (Wildman–Crippen MR) is 95.9 cm³/mol. The lowest BCUT2D eigenvalue weighted by Crippen LogP contribution is -2.50. The molecule has 21 heavy (non-hydrogen) atoms. The van der Waals surface area contributed by atoms with Crippen LogP contribution < -0.4 is 11.1 Å². The van der Waals surface area contributed by atoms with Crippen molar-refractivity contribution in [3.63, 3.8) is 0 Å². The average molecular weight is 409 g/mol. The van der Waals surface area contributed by atoms with Gasteiger partial charge < -0.3 is 16.0 Å². The maximum Gasteiger partial charge on any atom is 0.219 e. The Morgan fingerprint density at radius 2 is 1.95 bits per heavy atom. The molecule has 7 heteroatoms. The fraction of sp³-hybridized carbons (Fsp3) is 0.857. The highest BCUT2D eigenvalue weighted by Crippen LogP contribution is 2.26. The zero-order valence-corrected chi connectivity index (χ0v) is 15.2. The summed E-state index contributed by atoms with van der Waals surface area (Å²) in [6.07, 6.45) is 3.95. The first kappa shape index (κ1) is 18.5. The van der Waals surface area contributed by atoms with Crippen molar-refractivity contribution in [1.29, 1.82) is 0 Å². The largest absolute Gasteiger partial charge is 0.370 e. The van der Waals surface area contributed by atoms with Crippen molar-refractivity contribution in [3.8, 4) is 0 Å². The Morgan fingerprint density at radius 3 is 2.48 bits per heavy atom. The molecule has 122 valence electrons. The second-order valence-corrected chi connectivity index (χ2v) is 5.80. The molecule has 0 spiro atoms. The van der Waals surface area contributed by atoms with Crippen molar-refractivity contribution in [2.45, 2.75) is 26.2 Å². The molecule has 1 aliphatic carbocycles. The van der Waals surface area contributed by atoms with Gasteiger partial charge in [0.1, 0.15) is 0 Å². The summed E-state index contributed by atoms with van der Waals surface area (Å²) in [5, 5.41) is 3.17. The van der Waals surface area contributed by atoms with Gasteiger partial charge in [-0.2, -0.15) is 0 Å². The zero-order valence-electron chi connectivity index (χ0n) is 12.9. The Labute approximate surface area is 144 Å². The molecule has 2 aliphatic rings. The third-order valence-electron chi connectivity index (χ3n) is 4.30. The van der Waals surface area contributed by atoms with E-state index in [9.17, 15) is 4.79 Å². The number of hydrogen-bond donors (Lipinski definition) is 2. The minimum Gasteiger partial charge on any atom is -0.370 e. The summed E-state index contributed by atoms with van der Waals surface area (Å²) in [5.74, 6) is 1.50. The molecule has 0 radical (unpaired) electrons. The molecule has 1 saturated carbocycles. The van der Waals surface area contributed by atoms with Gasteiger partial charge in [0.25, 0.3) is 0 Å². The summed E-state index contributed by atoms with van der Waals surface area (Å²) < 4.78 is 0. The quantitative estimate of drug-likeness (QED) is 0.394. The number of carbonyl (C=O) groups excluding carboxylic acids is 1. The van der Waals surface area contributed by atoms with E-state index >= 15 is 0 Å². The highest BCUT2D eigenvalue weighted by molar-refractivity contribution is 14.0. The number of nitrogens with one attached hydrogen (secondary N) is 1. The molecule has 0 bridgehead atoms. The highest BCUT2D eigenvalue weighted by atomic mass is 127. The number of guanidine groups is 1. The Kier molecular flexibility index (Phi) is 8.31. The van der Waals surface area contributed by atoms with Gasteiger partial charge in [-0.1, -0.05) is 6.42 Å². The van der Waals surface area contributed by atoms with Crippen molar-refractivity contribution in [2.24, 2.45) is 16.6 Å². The summed E-state index contributed by atoms with van der Waals surface area (Å²) in [7, 11) is 0. The van der Waals surface area contributed by atoms with Crippen LogP contribution in [0.4, 0.5) is 0 Å². The van der Waals surface area contributed by atoms with Gasteiger partial charge in [0.15, 0.2) is 5.96 Å². The van der Waals surface area contributed by atoms with Crippen molar-refractivity contribution >= 4 is 35.8 Å². The Morgan fingerprint density at radius 1 is 1.29 bits per heavy atom. The zero-order chi connectivity index (χ0) is 14.4. The number of hydrogen-bond acceptors (Lipinski definition) is 3. The molecular weight excluding hydrogens is 381 g/mol. The SMILES string of the molecule is CC(=O)N1CCN(CCNC(N)=NCC2CCC2)CC1.I. The maximum atomic E-state index is 11.2. The maximum absolute atomic E-state index is 11.2. The van der Waals surface area contributed by atoms with Crippen LogP contribution in [-0.2, 0) is 4.79 Å². The van der Waals surface area contributed by atoms with Gasteiger partial charge in [0.2, 0.25) is 5.91 Å². The first-order valence-electron chi connectivity index (χ1n) is 7.67. The van der Waals surface area contributed by atoms with Crippen molar-refractivity contribution in [3.05, 3.63) is 0 Å². The number of aliphatic imine (C=N–C) groups is 1. The van der Waals surface area contributed by atoms with Gasteiger partial charge in [-0.3, -0.25) is 14.7 Å². The number of piperazine rings is 1. The van der Waals surface area contributed by atoms with Crippen LogP contribution >= 0.6 is 24.0 Å². The van der Waals surface area contributed by atoms with E-state index in [4.69, 9.17) is 5.73 Å². The predicted octanol–water partition coefficient (Wildman–Crippen LogP) is 0.473. The molecule has 1 amide bonds. The molecule has 2 fully saturated rings. The molecule has 2 rings (SSSR count). The van der Waals surface area contributed by atoms with E-state index in [1.165, 1.54) is 19.3 Å². The van der Waals surface area contributed by atoms with Crippen LogP contribution in [0.1, 0.15) is 26.2 Å². The minimum atomic E-state index is 0. The standard InChI is InChI=1S/C14H27N5O.HI/c1-12(20)19-9-7-18(8-10-19)6-5-16-14(15)17-11-13-3-2-4-13;/h13H,2-11H2,1H3,(H3,15,16,17);1H. The van der Waals surface area contributed by atoms with Crippen molar-refractivity contribution in [1.82, 2.24) is 15.1 Å². The normalized spacial score (nSPS) is 20.6. The summed E-state index contributed by atoms with van der Waals surface area (Å²) in [6, 6.07) is 0. The van der Waals surface area contributed by atoms with Crippen LogP contribution in [-0.4, -0.2) is 67.5 Å². The second kappa shape index (κ2) is 9.45. The van der Waals surface area contributed by atoms with E-state index in [0.29, 0.717) is 5.96 Å². The van der Waals surface area contributed by atoms with Crippen LogP contribution in [0.15, 0.2) is 4.99 Å². The van der Waals surface area contributed by atoms with Gasteiger partial charge in [0, 0.05) is 52.7 Å².